The molecule has 9 heteroatoms. The molecule has 0 spiro atoms. The first-order valence-corrected chi connectivity index (χ1v) is 11.3. The number of amides is 1. The number of nitrogens with one attached hydrogen (secondary N) is 2. The molecule has 1 aliphatic rings. The van der Waals surface area contributed by atoms with Gasteiger partial charge < -0.3 is 10.1 Å². The number of halogens is 2. The number of carbonyl (C=O) groups is 1. The van der Waals surface area contributed by atoms with Gasteiger partial charge in [-0.15, -0.1) is 0 Å². The van der Waals surface area contributed by atoms with Crippen molar-refractivity contribution in [3.8, 4) is 5.75 Å². The first kappa shape index (κ1) is 21.4. The lowest BCUT2D eigenvalue weighted by molar-refractivity contribution is -0.126. The average Bonchev–Trinajstić information content (AvgIpc) is 2.62. The fourth-order valence-corrected chi connectivity index (χ4v) is 4.10. The molecule has 2 aromatic carbocycles. The predicted molar refractivity (Wildman–Crippen MR) is 110 cm³/mol. The van der Waals surface area contributed by atoms with Crippen LogP contribution in [0.3, 0.4) is 0 Å². The van der Waals surface area contributed by atoms with Gasteiger partial charge in [0.25, 0.3) is 0 Å². The van der Waals surface area contributed by atoms with Crippen molar-refractivity contribution in [3.63, 3.8) is 0 Å². The van der Waals surface area contributed by atoms with Gasteiger partial charge in [0.1, 0.15) is 18.2 Å². The van der Waals surface area contributed by atoms with Gasteiger partial charge in [0, 0.05) is 10.6 Å². The predicted octanol–water partition coefficient (Wildman–Crippen LogP) is 3.59. The Morgan fingerprint density at radius 1 is 1.31 bits per heavy atom. The molecular formula is C20H22ClFN2O4S. The van der Waals surface area contributed by atoms with Crippen molar-refractivity contribution >= 4 is 33.2 Å². The van der Waals surface area contributed by atoms with Crippen LogP contribution >= 0.6 is 11.6 Å². The highest BCUT2D eigenvalue weighted by atomic mass is 35.5. The zero-order chi connectivity index (χ0) is 21.3. The average molecular weight is 441 g/mol. The first-order valence-electron chi connectivity index (χ1n) is 9.03. The summed E-state index contributed by atoms with van der Waals surface area (Å²) in [5.41, 5.74) is 1.85. The van der Waals surface area contributed by atoms with E-state index in [1.165, 1.54) is 6.07 Å². The van der Waals surface area contributed by atoms with Gasteiger partial charge in [0.05, 0.1) is 23.9 Å². The number of benzene rings is 2. The van der Waals surface area contributed by atoms with Crippen molar-refractivity contribution in [3.05, 3.63) is 57.9 Å². The van der Waals surface area contributed by atoms with E-state index in [1.54, 1.807) is 32.0 Å². The van der Waals surface area contributed by atoms with Crippen LogP contribution in [0.2, 0.25) is 5.02 Å². The summed E-state index contributed by atoms with van der Waals surface area (Å²) in [5, 5.41) is 3.39. The number of ether oxygens (including phenoxy) is 1. The molecule has 0 aliphatic carbocycles. The quantitative estimate of drug-likeness (QED) is 0.744. The molecule has 1 heterocycles. The highest BCUT2D eigenvalue weighted by Gasteiger charge is 2.28. The molecule has 1 aliphatic heterocycles. The van der Waals surface area contributed by atoms with E-state index < -0.39 is 27.8 Å². The van der Waals surface area contributed by atoms with E-state index >= 15 is 0 Å². The smallest absolute Gasteiger partial charge is 0.229 e. The second-order valence-electron chi connectivity index (χ2n) is 7.26. The monoisotopic (exact) mass is 440 g/mol. The van der Waals surface area contributed by atoms with Crippen molar-refractivity contribution < 1.29 is 22.3 Å². The number of rotatable bonds is 5. The molecule has 2 aromatic rings. The molecule has 29 heavy (non-hydrogen) atoms. The van der Waals surface area contributed by atoms with Crippen molar-refractivity contribution in [1.29, 1.82) is 0 Å². The number of hydrogen-bond donors (Lipinski definition) is 2. The summed E-state index contributed by atoms with van der Waals surface area (Å²) < 4.78 is 45.3. The summed E-state index contributed by atoms with van der Waals surface area (Å²) in [6.07, 6.45) is 1.48. The zero-order valence-corrected chi connectivity index (χ0v) is 17.8. The summed E-state index contributed by atoms with van der Waals surface area (Å²) in [7, 11) is -3.52. The Labute approximate surface area is 174 Å². The number of fused-ring (bicyclic) bond motifs is 1. The maximum absolute atomic E-state index is 14.6. The highest BCUT2D eigenvalue weighted by molar-refractivity contribution is 7.92. The van der Waals surface area contributed by atoms with Gasteiger partial charge in [-0.25, -0.2) is 12.8 Å². The lowest BCUT2D eigenvalue weighted by Gasteiger charge is -2.26. The van der Waals surface area contributed by atoms with Crippen LogP contribution in [0.15, 0.2) is 30.3 Å². The maximum Gasteiger partial charge on any atom is 0.229 e. The standard InChI is InChI=1S/C20H22ClFN2O4S/c1-11-6-16(17(22)9-18(11)24-29(3,26)27)12(2)23-20(25)14-7-13-8-15(21)4-5-19(13)28-10-14/h4-6,8-9,12,14,24H,7,10H2,1-3H3,(H,23,25)/t12-,14?/m1/s1. The molecule has 6 nitrogen and oxygen atoms in total. The second-order valence-corrected chi connectivity index (χ2v) is 9.44. The van der Waals surface area contributed by atoms with Crippen LogP contribution in [-0.4, -0.2) is 27.2 Å². The Balaban J connectivity index is 1.72. The molecule has 0 saturated carbocycles. The number of anilines is 1. The Bertz CT molecular complexity index is 1060. The lowest BCUT2D eigenvalue weighted by Crippen LogP contribution is -2.38. The van der Waals surface area contributed by atoms with E-state index in [2.05, 4.69) is 10.0 Å². The third-order valence-corrected chi connectivity index (χ3v) is 5.59. The molecule has 0 saturated heterocycles. The third kappa shape index (κ3) is 5.19. The van der Waals surface area contributed by atoms with Gasteiger partial charge in [0.2, 0.25) is 15.9 Å². The van der Waals surface area contributed by atoms with E-state index in [4.69, 9.17) is 16.3 Å². The zero-order valence-electron chi connectivity index (χ0n) is 16.3. The van der Waals surface area contributed by atoms with Gasteiger partial charge in [0.15, 0.2) is 0 Å². The van der Waals surface area contributed by atoms with Crippen molar-refractivity contribution in [2.24, 2.45) is 5.92 Å². The summed E-state index contributed by atoms with van der Waals surface area (Å²) in [6.45, 7) is 3.57. The SMILES string of the molecule is Cc1cc([C@@H](C)NC(=O)C2COc3ccc(Cl)cc3C2)c(F)cc1NS(C)(=O)=O. The van der Waals surface area contributed by atoms with E-state index in [1.807, 2.05) is 0 Å². The summed E-state index contributed by atoms with van der Waals surface area (Å²) in [5.74, 6) is -0.564. The molecule has 156 valence electrons. The maximum atomic E-state index is 14.6. The molecule has 3 rings (SSSR count). The number of sulfonamides is 1. The van der Waals surface area contributed by atoms with E-state index in [0.29, 0.717) is 22.8 Å². The number of aryl methyl sites for hydroxylation is 1. The Kier molecular flexibility index (Phi) is 6.05. The van der Waals surface area contributed by atoms with Crippen molar-refractivity contribution in [1.82, 2.24) is 5.32 Å². The van der Waals surface area contributed by atoms with Crippen LogP contribution in [-0.2, 0) is 21.2 Å². The lowest BCUT2D eigenvalue weighted by atomic mass is 9.95. The summed E-state index contributed by atoms with van der Waals surface area (Å²) in [4.78, 5) is 12.7. The Morgan fingerprint density at radius 2 is 2.03 bits per heavy atom. The highest BCUT2D eigenvalue weighted by Crippen LogP contribution is 2.31. The van der Waals surface area contributed by atoms with Crippen LogP contribution in [0.5, 0.6) is 5.75 Å². The molecular weight excluding hydrogens is 419 g/mol. The van der Waals surface area contributed by atoms with Crippen LogP contribution in [0.25, 0.3) is 0 Å². The second kappa shape index (κ2) is 8.20. The number of carbonyl (C=O) groups excluding carboxylic acids is 1. The molecule has 2 atom stereocenters. The minimum absolute atomic E-state index is 0.168. The van der Waals surface area contributed by atoms with E-state index in [9.17, 15) is 17.6 Å². The fourth-order valence-electron chi connectivity index (χ4n) is 3.29. The largest absolute Gasteiger partial charge is 0.492 e. The minimum Gasteiger partial charge on any atom is -0.492 e. The van der Waals surface area contributed by atoms with Crippen LogP contribution in [0, 0.1) is 18.7 Å². The van der Waals surface area contributed by atoms with Gasteiger partial charge in [-0.1, -0.05) is 11.6 Å². The van der Waals surface area contributed by atoms with Gasteiger partial charge in [-0.2, -0.15) is 0 Å². The van der Waals surface area contributed by atoms with Crippen molar-refractivity contribution in [2.75, 3.05) is 17.6 Å². The molecule has 2 N–H and O–H groups in total. The van der Waals surface area contributed by atoms with Crippen LogP contribution < -0.4 is 14.8 Å². The molecule has 1 amide bonds. The van der Waals surface area contributed by atoms with Crippen molar-refractivity contribution in [2.45, 2.75) is 26.3 Å². The van der Waals surface area contributed by atoms with E-state index in [-0.39, 0.29) is 23.8 Å². The molecule has 0 aromatic heterocycles. The molecule has 1 unspecified atom stereocenters. The van der Waals surface area contributed by atoms with Crippen LogP contribution in [0.4, 0.5) is 10.1 Å². The normalized spacial score (nSPS) is 17.1. The van der Waals surface area contributed by atoms with Crippen LogP contribution in [0.1, 0.15) is 29.7 Å². The van der Waals surface area contributed by atoms with Gasteiger partial charge in [-0.3, -0.25) is 9.52 Å². The summed E-state index contributed by atoms with van der Waals surface area (Å²) >= 11 is 6.01. The molecule has 0 radical (unpaired) electrons. The van der Waals surface area contributed by atoms with Gasteiger partial charge >= 0.3 is 0 Å². The Hall–Kier alpha value is -2.32. The third-order valence-electron chi connectivity index (χ3n) is 4.76. The van der Waals surface area contributed by atoms with E-state index in [0.717, 1.165) is 17.9 Å². The molecule has 0 fully saturated rings. The number of hydrogen-bond acceptors (Lipinski definition) is 4. The topological polar surface area (TPSA) is 84.5 Å². The molecule has 0 bridgehead atoms. The Morgan fingerprint density at radius 3 is 2.72 bits per heavy atom. The van der Waals surface area contributed by atoms with Gasteiger partial charge in [-0.05, 0) is 61.7 Å². The summed E-state index contributed by atoms with van der Waals surface area (Å²) in [6, 6.07) is 7.33. The fraction of sp³-hybridized carbons (Fsp3) is 0.350. The first-order chi connectivity index (χ1) is 13.5. The minimum atomic E-state index is -3.52.